The fraction of sp³-hybridized carbons (Fsp3) is 0.440. The second-order valence-electron chi connectivity index (χ2n) is 9.11. The number of hydrogen-bond donors (Lipinski definition) is 2. The van der Waals surface area contributed by atoms with Crippen molar-refractivity contribution < 1.29 is 4.79 Å². The van der Waals surface area contributed by atoms with E-state index in [1.807, 2.05) is 6.07 Å². The highest BCUT2D eigenvalue weighted by Crippen LogP contribution is 2.39. The molecule has 0 saturated carbocycles. The summed E-state index contributed by atoms with van der Waals surface area (Å²) in [6.45, 7) is 6.93. The Morgan fingerprint density at radius 3 is 2.74 bits per heavy atom. The molecule has 34 heavy (non-hydrogen) atoms. The lowest BCUT2D eigenvalue weighted by molar-refractivity contribution is 0.102. The van der Waals surface area contributed by atoms with Gasteiger partial charge in [0.2, 0.25) is 0 Å². The fourth-order valence-corrected chi connectivity index (χ4v) is 5.86. The van der Waals surface area contributed by atoms with Gasteiger partial charge in [0.15, 0.2) is 0 Å². The molecule has 8 nitrogen and oxygen atoms in total. The van der Waals surface area contributed by atoms with Crippen molar-refractivity contribution in [1.29, 1.82) is 0 Å². The van der Waals surface area contributed by atoms with E-state index in [1.165, 1.54) is 35.4 Å². The van der Waals surface area contributed by atoms with Gasteiger partial charge in [0, 0.05) is 42.8 Å². The lowest BCUT2D eigenvalue weighted by atomic mass is 9.96. The van der Waals surface area contributed by atoms with Crippen LogP contribution in [0.15, 0.2) is 36.0 Å². The third kappa shape index (κ3) is 4.63. The summed E-state index contributed by atoms with van der Waals surface area (Å²) in [7, 11) is 0. The van der Waals surface area contributed by atoms with Crippen molar-refractivity contribution in [3.05, 3.63) is 47.2 Å². The molecule has 0 aliphatic carbocycles. The Hall–Kier alpha value is -3.04. The number of thiazole rings is 1. The van der Waals surface area contributed by atoms with Gasteiger partial charge in [0.25, 0.3) is 5.91 Å². The van der Waals surface area contributed by atoms with E-state index in [0.29, 0.717) is 18.2 Å². The fourth-order valence-electron chi connectivity index (χ4n) is 5.07. The van der Waals surface area contributed by atoms with Gasteiger partial charge in [0.05, 0.1) is 23.8 Å². The van der Waals surface area contributed by atoms with Crippen molar-refractivity contribution in [2.75, 3.05) is 47.8 Å². The van der Waals surface area contributed by atoms with Crippen LogP contribution in [-0.2, 0) is 0 Å². The Bertz CT molecular complexity index is 1140. The van der Waals surface area contributed by atoms with Crippen LogP contribution in [0.5, 0.6) is 0 Å². The molecule has 4 heterocycles. The summed E-state index contributed by atoms with van der Waals surface area (Å²) in [6, 6.07) is 6.05. The Balaban J connectivity index is 1.45. The van der Waals surface area contributed by atoms with Crippen LogP contribution < -0.4 is 20.9 Å². The summed E-state index contributed by atoms with van der Waals surface area (Å²) < 4.78 is 0. The number of nitrogens with one attached hydrogen (secondary N) is 1. The molecule has 2 aromatic heterocycles. The number of carbonyl (C=O) groups excluding carboxylic acids is 1. The minimum atomic E-state index is -0.202. The van der Waals surface area contributed by atoms with E-state index in [0.717, 1.165) is 61.0 Å². The zero-order valence-electron chi connectivity index (χ0n) is 19.5. The lowest BCUT2D eigenvalue weighted by Crippen LogP contribution is -2.39. The minimum absolute atomic E-state index is 0.202. The van der Waals surface area contributed by atoms with E-state index in [2.05, 4.69) is 49.4 Å². The Labute approximate surface area is 204 Å². The van der Waals surface area contributed by atoms with Crippen molar-refractivity contribution >= 4 is 34.3 Å². The number of hydrogen-bond acceptors (Lipinski definition) is 8. The first kappa shape index (κ1) is 22.7. The van der Waals surface area contributed by atoms with E-state index in [4.69, 9.17) is 5.73 Å². The highest BCUT2D eigenvalue weighted by atomic mass is 32.1. The average molecular weight is 478 g/mol. The number of nitrogens with zero attached hydrogens (tertiary/aromatic N) is 5. The molecule has 2 fully saturated rings. The molecular weight excluding hydrogens is 446 g/mol. The quantitative estimate of drug-likeness (QED) is 0.555. The number of benzene rings is 1. The summed E-state index contributed by atoms with van der Waals surface area (Å²) in [5.74, 6) is 0.272. The highest BCUT2D eigenvalue weighted by Gasteiger charge is 2.26. The van der Waals surface area contributed by atoms with E-state index in [1.54, 1.807) is 17.8 Å². The molecule has 3 N–H and O–H groups in total. The predicted molar refractivity (Wildman–Crippen MR) is 138 cm³/mol. The zero-order valence-corrected chi connectivity index (χ0v) is 20.4. The van der Waals surface area contributed by atoms with Gasteiger partial charge in [-0.05, 0) is 68.8 Å². The van der Waals surface area contributed by atoms with Crippen molar-refractivity contribution in [3.63, 3.8) is 0 Å². The Morgan fingerprint density at radius 1 is 1.15 bits per heavy atom. The third-order valence-corrected chi connectivity index (χ3v) is 7.73. The highest BCUT2D eigenvalue weighted by molar-refractivity contribution is 7.13. The minimum Gasteiger partial charge on any atom is -0.371 e. The lowest BCUT2D eigenvalue weighted by Gasteiger charge is -2.37. The van der Waals surface area contributed by atoms with Crippen LogP contribution in [0.1, 0.15) is 41.7 Å². The van der Waals surface area contributed by atoms with Gasteiger partial charge in [0.1, 0.15) is 10.7 Å². The SMILES string of the molecule is Cc1c(N2CCCC2)ccc(NC(=O)c2csc(-c3ccnnc3)n2)c1N1CCC[C@@H](CN)C1. The number of piperidine rings is 1. The summed E-state index contributed by atoms with van der Waals surface area (Å²) >= 11 is 1.43. The number of aromatic nitrogens is 3. The van der Waals surface area contributed by atoms with E-state index < -0.39 is 0 Å². The molecule has 0 bridgehead atoms. The molecule has 2 aliphatic heterocycles. The zero-order chi connectivity index (χ0) is 23.5. The molecule has 1 atom stereocenters. The van der Waals surface area contributed by atoms with Crippen LogP contribution in [0.2, 0.25) is 0 Å². The van der Waals surface area contributed by atoms with Crippen molar-refractivity contribution in [3.8, 4) is 10.6 Å². The first-order valence-electron chi connectivity index (χ1n) is 12.0. The molecule has 0 radical (unpaired) electrons. The van der Waals surface area contributed by atoms with E-state index in [-0.39, 0.29) is 5.91 Å². The van der Waals surface area contributed by atoms with Gasteiger partial charge >= 0.3 is 0 Å². The molecule has 1 amide bonds. The molecule has 9 heteroatoms. The molecule has 0 unspecified atom stereocenters. The molecule has 5 rings (SSSR count). The van der Waals surface area contributed by atoms with Gasteiger partial charge < -0.3 is 20.9 Å². The predicted octanol–water partition coefficient (Wildman–Crippen LogP) is 3.94. The summed E-state index contributed by atoms with van der Waals surface area (Å²) in [5.41, 5.74) is 11.7. The summed E-state index contributed by atoms with van der Waals surface area (Å²) in [5, 5.41) is 13.4. The molecule has 2 saturated heterocycles. The van der Waals surface area contributed by atoms with Crippen LogP contribution in [0.25, 0.3) is 10.6 Å². The molecule has 0 spiro atoms. The van der Waals surface area contributed by atoms with Crippen molar-refractivity contribution in [1.82, 2.24) is 15.2 Å². The van der Waals surface area contributed by atoms with Gasteiger partial charge in [-0.25, -0.2) is 4.98 Å². The Kier molecular flexibility index (Phi) is 6.73. The van der Waals surface area contributed by atoms with Gasteiger partial charge in [-0.3, -0.25) is 4.79 Å². The van der Waals surface area contributed by atoms with Gasteiger partial charge in [-0.1, -0.05) is 0 Å². The third-order valence-electron chi connectivity index (χ3n) is 6.83. The Morgan fingerprint density at radius 2 is 1.97 bits per heavy atom. The largest absolute Gasteiger partial charge is 0.371 e. The van der Waals surface area contributed by atoms with Crippen LogP contribution in [0.4, 0.5) is 17.1 Å². The molecule has 1 aromatic carbocycles. The average Bonchev–Trinajstić information content (AvgIpc) is 3.58. The molecule has 2 aliphatic rings. The maximum absolute atomic E-state index is 13.2. The summed E-state index contributed by atoms with van der Waals surface area (Å²) in [4.78, 5) is 22.7. The van der Waals surface area contributed by atoms with E-state index >= 15 is 0 Å². The summed E-state index contributed by atoms with van der Waals surface area (Å²) in [6.07, 6.45) is 8.00. The van der Waals surface area contributed by atoms with Crippen LogP contribution in [-0.4, -0.2) is 53.8 Å². The van der Waals surface area contributed by atoms with Crippen LogP contribution in [0.3, 0.4) is 0 Å². The van der Waals surface area contributed by atoms with Crippen molar-refractivity contribution in [2.24, 2.45) is 11.7 Å². The number of rotatable bonds is 6. The molecule has 178 valence electrons. The smallest absolute Gasteiger partial charge is 0.275 e. The molecular formula is C25H31N7OS. The van der Waals surface area contributed by atoms with E-state index in [9.17, 15) is 4.79 Å². The second-order valence-corrected chi connectivity index (χ2v) is 9.97. The normalized spacial score (nSPS) is 18.4. The number of carbonyl (C=O) groups is 1. The van der Waals surface area contributed by atoms with Crippen molar-refractivity contribution in [2.45, 2.75) is 32.6 Å². The van der Waals surface area contributed by atoms with Crippen LogP contribution in [0, 0.1) is 12.8 Å². The first-order valence-corrected chi connectivity index (χ1v) is 12.9. The standard InChI is InChI=1S/C25H31N7OS/c1-17-22(31-10-2-3-11-31)7-6-20(23(17)32-12-4-5-18(13-26)15-32)29-24(33)21-16-34-25(30-21)19-8-9-27-28-14-19/h6-9,14,16,18H,2-5,10-13,15,26H2,1H3,(H,29,33)/t18-/m0/s1. The molecule has 3 aromatic rings. The van der Waals surface area contributed by atoms with Gasteiger partial charge in [-0.15, -0.1) is 11.3 Å². The topological polar surface area (TPSA) is 100 Å². The first-order chi connectivity index (χ1) is 16.6. The van der Waals surface area contributed by atoms with Crippen LogP contribution >= 0.6 is 11.3 Å². The number of amides is 1. The van der Waals surface area contributed by atoms with Gasteiger partial charge in [-0.2, -0.15) is 10.2 Å². The number of anilines is 3. The second kappa shape index (κ2) is 10.1. The maximum Gasteiger partial charge on any atom is 0.275 e. The maximum atomic E-state index is 13.2. The number of nitrogens with two attached hydrogens (primary N) is 1. The monoisotopic (exact) mass is 477 g/mol.